The molecule has 0 bridgehead atoms. The Hall–Kier alpha value is -1.06. The third-order valence-electron chi connectivity index (χ3n) is 3.37. The van der Waals surface area contributed by atoms with Crippen molar-refractivity contribution < 1.29 is 4.74 Å². The second-order valence-electron chi connectivity index (χ2n) is 4.70. The average Bonchev–Trinajstić information content (AvgIpc) is 2.34. The fourth-order valence-corrected chi connectivity index (χ4v) is 2.21. The predicted molar refractivity (Wildman–Crippen MR) is 70.6 cm³/mol. The Labute approximate surface area is 104 Å². The van der Waals surface area contributed by atoms with E-state index in [4.69, 9.17) is 4.74 Å². The van der Waals surface area contributed by atoms with Crippen molar-refractivity contribution in [1.29, 1.82) is 0 Å². The van der Waals surface area contributed by atoms with Crippen molar-refractivity contribution in [3.05, 3.63) is 29.8 Å². The summed E-state index contributed by atoms with van der Waals surface area (Å²) in [6.45, 7) is 9.44. The van der Waals surface area contributed by atoms with Crippen molar-refractivity contribution >= 4 is 0 Å². The second kappa shape index (κ2) is 6.03. The third kappa shape index (κ3) is 3.45. The number of piperazine rings is 1. The molecule has 1 N–H and O–H groups in total. The van der Waals surface area contributed by atoms with Crippen LogP contribution in [0.5, 0.6) is 5.75 Å². The van der Waals surface area contributed by atoms with Crippen molar-refractivity contribution in [3.63, 3.8) is 0 Å². The molecule has 1 atom stereocenters. The first-order valence-electron chi connectivity index (χ1n) is 6.40. The number of aryl methyl sites for hydroxylation is 1. The average molecular weight is 234 g/mol. The van der Waals surface area contributed by atoms with Crippen molar-refractivity contribution in [2.45, 2.75) is 19.9 Å². The summed E-state index contributed by atoms with van der Waals surface area (Å²) in [6, 6.07) is 8.81. The van der Waals surface area contributed by atoms with Gasteiger partial charge in [-0.3, -0.25) is 4.90 Å². The normalized spacial score (nSPS) is 21.4. The maximum absolute atomic E-state index is 5.83. The minimum atomic E-state index is 0.615. The number of para-hydroxylation sites is 1. The van der Waals surface area contributed by atoms with E-state index < -0.39 is 0 Å². The third-order valence-corrected chi connectivity index (χ3v) is 3.37. The van der Waals surface area contributed by atoms with Crippen LogP contribution in [0.2, 0.25) is 0 Å². The zero-order chi connectivity index (χ0) is 12.1. The Morgan fingerprint density at radius 3 is 3.00 bits per heavy atom. The zero-order valence-corrected chi connectivity index (χ0v) is 10.8. The van der Waals surface area contributed by atoms with Crippen LogP contribution >= 0.6 is 0 Å². The highest BCUT2D eigenvalue weighted by Gasteiger charge is 2.17. The van der Waals surface area contributed by atoms with Crippen molar-refractivity contribution in [2.75, 3.05) is 32.8 Å². The molecule has 1 aromatic rings. The molecule has 0 aliphatic carbocycles. The van der Waals surface area contributed by atoms with E-state index in [2.05, 4.69) is 30.1 Å². The molecule has 1 saturated heterocycles. The number of benzene rings is 1. The summed E-state index contributed by atoms with van der Waals surface area (Å²) in [4.78, 5) is 2.48. The Bertz CT molecular complexity index is 354. The number of hydrogen-bond donors (Lipinski definition) is 1. The van der Waals surface area contributed by atoms with Gasteiger partial charge in [-0.25, -0.2) is 0 Å². The van der Waals surface area contributed by atoms with E-state index >= 15 is 0 Å². The van der Waals surface area contributed by atoms with Gasteiger partial charge in [-0.05, 0) is 25.5 Å². The first-order chi connectivity index (χ1) is 8.27. The van der Waals surface area contributed by atoms with Gasteiger partial charge >= 0.3 is 0 Å². The van der Waals surface area contributed by atoms with E-state index in [9.17, 15) is 0 Å². The fraction of sp³-hybridized carbons (Fsp3) is 0.571. The highest BCUT2D eigenvalue weighted by molar-refractivity contribution is 5.31. The molecule has 1 unspecified atom stereocenters. The molecule has 1 aromatic carbocycles. The number of rotatable bonds is 4. The molecule has 94 valence electrons. The SMILES string of the molecule is Cc1ccccc1OCCN1CCNCC1C. The molecule has 0 amide bonds. The molecule has 1 heterocycles. The Balaban J connectivity index is 1.77. The molecule has 17 heavy (non-hydrogen) atoms. The summed E-state index contributed by atoms with van der Waals surface area (Å²) in [5.74, 6) is 1.01. The smallest absolute Gasteiger partial charge is 0.122 e. The van der Waals surface area contributed by atoms with E-state index in [-0.39, 0.29) is 0 Å². The summed E-state index contributed by atoms with van der Waals surface area (Å²) >= 11 is 0. The molecule has 1 aliphatic heterocycles. The number of ether oxygens (including phenoxy) is 1. The van der Waals surface area contributed by atoms with E-state index in [1.165, 1.54) is 5.56 Å². The van der Waals surface area contributed by atoms with Crippen LogP contribution in [0, 0.1) is 6.92 Å². The minimum absolute atomic E-state index is 0.615. The quantitative estimate of drug-likeness (QED) is 0.857. The van der Waals surface area contributed by atoms with Gasteiger partial charge in [0.1, 0.15) is 12.4 Å². The van der Waals surface area contributed by atoms with Crippen molar-refractivity contribution in [2.24, 2.45) is 0 Å². The van der Waals surface area contributed by atoms with E-state index in [0.29, 0.717) is 6.04 Å². The van der Waals surface area contributed by atoms with Gasteiger partial charge in [0, 0.05) is 32.2 Å². The van der Waals surface area contributed by atoms with Crippen LogP contribution in [0.4, 0.5) is 0 Å². The van der Waals surface area contributed by atoms with Crippen LogP contribution in [-0.4, -0.2) is 43.7 Å². The fourth-order valence-electron chi connectivity index (χ4n) is 2.21. The van der Waals surface area contributed by atoms with Crippen LogP contribution in [0.15, 0.2) is 24.3 Å². The molecule has 3 nitrogen and oxygen atoms in total. The first kappa shape index (κ1) is 12.4. The van der Waals surface area contributed by atoms with Gasteiger partial charge in [0.15, 0.2) is 0 Å². The van der Waals surface area contributed by atoms with E-state index in [0.717, 1.165) is 38.5 Å². The highest BCUT2D eigenvalue weighted by atomic mass is 16.5. The van der Waals surface area contributed by atoms with Gasteiger partial charge in [0.2, 0.25) is 0 Å². The summed E-state index contributed by atoms with van der Waals surface area (Å²) < 4.78 is 5.83. The zero-order valence-electron chi connectivity index (χ0n) is 10.8. The molecule has 0 aromatic heterocycles. The summed E-state index contributed by atoms with van der Waals surface area (Å²) in [5.41, 5.74) is 1.21. The van der Waals surface area contributed by atoms with Crippen molar-refractivity contribution in [1.82, 2.24) is 10.2 Å². The lowest BCUT2D eigenvalue weighted by Gasteiger charge is -2.33. The van der Waals surface area contributed by atoms with E-state index in [1.54, 1.807) is 0 Å². The standard InChI is InChI=1S/C14H22N2O/c1-12-5-3-4-6-14(12)17-10-9-16-8-7-15-11-13(16)2/h3-6,13,15H,7-11H2,1-2H3. The van der Waals surface area contributed by atoms with Gasteiger partial charge in [0.05, 0.1) is 0 Å². The lowest BCUT2D eigenvalue weighted by Crippen LogP contribution is -2.50. The number of nitrogens with zero attached hydrogens (tertiary/aromatic N) is 1. The predicted octanol–water partition coefficient (Wildman–Crippen LogP) is 1.67. The Morgan fingerprint density at radius 1 is 1.41 bits per heavy atom. The van der Waals surface area contributed by atoms with Crippen LogP contribution in [-0.2, 0) is 0 Å². The summed E-state index contributed by atoms with van der Waals surface area (Å²) in [7, 11) is 0. The Morgan fingerprint density at radius 2 is 2.24 bits per heavy atom. The lowest BCUT2D eigenvalue weighted by atomic mass is 10.2. The van der Waals surface area contributed by atoms with Gasteiger partial charge in [-0.2, -0.15) is 0 Å². The minimum Gasteiger partial charge on any atom is -0.492 e. The van der Waals surface area contributed by atoms with Gasteiger partial charge in [-0.1, -0.05) is 18.2 Å². The van der Waals surface area contributed by atoms with E-state index in [1.807, 2.05) is 18.2 Å². The maximum atomic E-state index is 5.83. The molecule has 0 radical (unpaired) electrons. The molecular formula is C14H22N2O. The molecule has 0 saturated carbocycles. The first-order valence-corrected chi connectivity index (χ1v) is 6.40. The van der Waals surface area contributed by atoms with Crippen LogP contribution in [0.25, 0.3) is 0 Å². The molecular weight excluding hydrogens is 212 g/mol. The summed E-state index contributed by atoms with van der Waals surface area (Å²) in [6.07, 6.45) is 0. The van der Waals surface area contributed by atoms with Crippen LogP contribution in [0.1, 0.15) is 12.5 Å². The summed E-state index contributed by atoms with van der Waals surface area (Å²) in [5, 5.41) is 3.40. The molecule has 0 spiro atoms. The Kier molecular flexibility index (Phi) is 4.40. The van der Waals surface area contributed by atoms with Crippen molar-refractivity contribution in [3.8, 4) is 5.75 Å². The monoisotopic (exact) mass is 234 g/mol. The van der Waals surface area contributed by atoms with Gasteiger partial charge < -0.3 is 10.1 Å². The molecule has 3 heteroatoms. The second-order valence-corrected chi connectivity index (χ2v) is 4.70. The van der Waals surface area contributed by atoms with Crippen LogP contribution in [0.3, 0.4) is 0 Å². The number of nitrogens with one attached hydrogen (secondary N) is 1. The maximum Gasteiger partial charge on any atom is 0.122 e. The van der Waals surface area contributed by atoms with Gasteiger partial charge in [-0.15, -0.1) is 0 Å². The molecule has 1 fully saturated rings. The molecule has 1 aliphatic rings. The highest BCUT2D eigenvalue weighted by Crippen LogP contribution is 2.16. The largest absolute Gasteiger partial charge is 0.492 e. The van der Waals surface area contributed by atoms with Crippen LogP contribution < -0.4 is 10.1 Å². The van der Waals surface area contributed by atoms with Gasteiger partial charge in [0.25, 0.3) is 0 Å². The molecule has 2 rings (SSSR count). The number of hydrogen-bond acceptors (Lipinski definition) is 3. The topological polar surface area (TPSA) is 24.5 Å². The lowest BCUT2D eigenvalue weighted by molar-refractivity contribution is 0.143.